The van der Waals surface area contributed by atoms with Crippen LogP contribution in [0.5, 0.6) is 0 Å². The zero-order chi connectivity index (χ0) is 22.7. The molecule has 2 aliphatic heterocycles. The van der Waals surface area contributed by atoms with E-state index in [1.54, 1.807) is 17.4 Å². The molecule has 2 aromatic heterocycles. The van der Waals surface area contributed by atoms with Gasteiger partial charge in [0.2, 0.25) is 10.0 Å². The molecule has 0 spiro atoms. The Balaban J connectivity index is 1.43. The molecule has 4 aromatic rings. The summed E-state index contributed by atoms with van der Waals surface area (Å²) in [6, 6.07) is 18.8. The summed E-state index contributed by atoms with van der Waals surface area (Å²) in [6.07, 6.45) is 0.844. The quantitative estimate of drug-likeness (QED) is 0.428. The largest absolute Gasteiger partial charge is 0.311 e. The first-order valence-electron chi connectivity index (χ1n) is 10.9. The van der Waals surface area contributed by atoms with Crippen molar-refractivity contribution >= 4 is 31.4 Å². The Morgan fingerprint density at radius 1 is 0.939 bits per heavy atom. The molecule has 0 N–H and O–H groups in total. The normalized spacial score (nSPS) is 20.6. The Morgan fingerprint density at radius 2 is 1.73 bits per heavy atom. The van der Waals surface area contributed by atoms with Crippen LogP contribution >= 0.6 is 11.3 Å². The van der Waals surface area contributed by atoms with Gasteiger partial charge < -0.3 is 4.57 Å². The lowest BCUT2D eigenvalue weighted by Crippen LogP contribution is -2.49. The van der Waals surface area contributed by atoms with Gasteiger partial charge in [-0.2, -0.15) is 4.31 Å². The fraction of sp³-hybridized carbons (Fsp3) is 0.240. The third-order valence-electron chi connectivity index (χ3n) is 6.70. The van der Waals surface area contributed by atoms with Gasteiger partial charge in [-0.05, 0) is 60.2 Å². The highest BCUT2D eigenvalue weighted by molar-refractivity contribution is 7.89. The maximum absolute atomic E-state index is 13.4. The van der Waals surface area contributed by atoms with Crippen LogP contribution in [0, 0.1) is 11.7 Å². The molecule has 0 amide bonds. The number of piperidine rings is 1. The van der Waals surface area contributed by atoms with E-state index in [1.165, 1.54) is 33.3 Å². The van der Waals surface area contributed by atoms with Crippen LogP contribution in [-0.4, -0.2) is 30.4 Å². The molecule has 0 radical (unpaired) electrons. The fourth-order valence-electron chi connectivity index (χ4n) is 5.25. The summed E-state index contributed by atoms with van der Waals surface area (Å²) in [6.45, 7) is 1.16. The van der Waals surface area contributed by atoms with Crippen LogP contribution in [0.3, 0.4) is 0 Å². The van der Waals surface area contributed by atoms with E-state index in [9.17, 15) is 17.6 Å². The van der Waals surface area contributed by atoms with E-state index in [1.807, 2.05) is 22.8 Å². The number of hydrogen-bond acceptors (Lipinski definition) is 4. The highest BCUT2D eigenvalue weighted by atomic mass is 32.2. The van der Waals surface area contributed by atoms with Crippen molar-refractivity contribution in [1.82, 2.24) is 8.87 Å². The summed E-state index contributed by atoms with van der Waals surface area (Å²) in [7, 11) is -3.75. The molecule has 0 saturated carbocycles. The van der Waals surface area contributed by atoms with Gasteiger partial charge in [0.1, 0.15) is 5.82 Å². The second kappa shape index (κ2) is 7.62. The molecule has 33 heavy (non-hydrogen) atoms. The smallest absolute Gasteiger partial charge is 0.250 e. The molecule has 1 saturated heterocycles. The molecular formula is C25H21FN2O3S2. The van der Waals surface area contributed by atoms with Crippen molar-refractivity contribution in [2.45, 2.75) is 23.8 Å². The number of benzene rings is 2. The van der Waals surface area contributed by atoms with E-state index in [2.05, 4.69) is 18.2 Å². The van der Waals surface area contributed by atoms with Crippen molar-refractivity contribution in [2.75, 3.05) is 13.1 Å². The molecular weight excluding hydrogens is 459 g/mol. The molecule has 0 aliphatic carbocycles. The Labute approximate surface area is 194 Å². The van der Waals surface area contributed by atoms with Gasteiger partial charge >= 0.3 is 0 Å². The topological polar surface area (TPSA) is 59.4 Å². The minimum atomic E-state index is -3.75. The predicted molar refractivity (Wildman–Crippen MR) is 128 cm³/mol. The number of pyridine rings is 1. The Bertz CT molecular complexity index is 1510. The van der Waals surface area contributed by atoms with Crippen LogP contribution in [-0.2, 0) is 16.6 Å². The molecule has 0 unspecified atom stereocenters. The summed E-state index contributed by atoms with van der Waals surface area (Å²) >= 11 is 1.68. The molecule has 2 bridgehead atoms. The Morgan fingerprint density at radius 3 is 2.52 bits per heavy atom. The molecule has 2 aliphatic rings. The zero-order valence-corrected chi connectivity index (χ0v) is 19.3. The van der Waals surface area contributed by atoms with Crippen molar-refractivity contribution in [3.63, 3.8) is 0 Å². The molecule has 168 valence electrons. The Hall–Kier alpha value is -2.81. The van der Waals surface area contributed by atoms with E-state index < -0.39 is 15.8 Å². The number of halogens is 1. The minimum absolute atomic E-state index is 0.0422. The second-order valence-electron chi connectivity index (χ2n) is 8.80. The maximum atomic E-state index is 13.4. The summed E-state index contributed by atoms with van der Waals surface area (Å²) in [4.78, 5) is 14.0. The molecule has 4 heterocycles. The van der Waals surface area contributed by atoms with Crippen LogP contribution in [0.15, 0.2) is 76.4 Å². The van der Waals surface area contributed by atoms with E-state index in [4.69, 9.17) is 0 Å². The number of fused-ring (bicyclic) bond motifs is 5. The number of hydrogen-bond donors (Lipinski definition) is 0. The van der Waals surface area contributed by atoms with Crippen LogP contribution in [0.1, 0.15) is 18.0 Å². The average Bonchev–Trinajstić information content (AvgIpc) is 3.24. The van der Waals surface area contributed by atoms with E-state index in [0.717, 1.165) is 27.9 Å². The molecule has 2 aromatic carbocycles. The van der Waals surface area contributed by atoms with Gasteiger partial charge in [-0.25, -0.2) is 12.8 Å². The second-order valence-corrected chi connectivity index (χ2v) is 11.8. The first kappa shape index (κ1) is 20.8. The van der Waals surface area contributed by atoms with Crippen molar-refractivity contribution in [3.8, 4) is 10.4 Å². The van der Waals surface area contributed by atoms with E-state index in [0.29, 0.717) is 19.6 Å². The van der Waals surface area contributed by atoms with Gasteiger partial charge in [-0.15, -0.1) is 11.3 Å². The molecule has 5 nitrogen and oxygen atoms in total. The summed E-state index contributed by atoms with van der Waals surface area (Å²) in [5.74, 6) is -0.491. The van der Waals surface area contributed by atoms with Crippen LogP contribution < -0.4 is 5.56 Å². The number of thiophene rings is 1. The lowest BCUT2D eigenvalue weighted by atomic mass is 9.82. The fourth-order valence-corrected chi connectivity index (χ4v) is 7.90. The number of aromatic nitrogens is 1. The van der Waals surface area contributed by atoms with Crippen molar-refractivity contribution in [3.05, 3.63) is 88.6 Å². The van der Waals surface area contributed by atoms with Gasteiger partial charge in [-0.3, -0.25) is 4.79 Å². The third-order valence-corrected chi connectivity index (χ3v) is 9.69. The molecule has 6 rings (SSSR count). The molecule has 2 atom stereocenters. The number of sulfonamides is 1. The lowest BCUT2D eigenvalue weighted by Gasteiger charge is -2.42. The van der Waals surface area contributed by atoms with Crippen LogP contribution in [0.25, 0.3) is 20.5 Å². The lowest BCUT2D eigenvalue weighted by molar-refractivity contribution is 0.187. The third kappa shape index (κ3) is 3.44. The highest BCUT2D eigenvalue weighted by Gasteiger charge is 2.40. The van der Waals surface area contributed by atoms with E-state index >= 15 is 0 Å². The standard InChI is InChI=1S/C25H21FN2O3S2/c26-19-5-7-20(8-6-19)33(30,31)27-13-16-11-18(15-27)25-21(9-10-24(29)28(25)14-16)23-12-17-3-1-2-4-22(17)32-23/h1-10,12,16,18H,11,13-15H2/t16-,18+/m0/s1. The predicted octanol–water partition coefficient (Wildman–Crippen LogP) is 4.68. The monoisotopic (exact) mass is 480 g/mol. The first-order valence-corrected chi connectivity index (χ1v) is 13.1. The van der Waals surface area contributed by atoms with Gasteiger partial charge in [0, 0.05) is 52.5 Å². The zero-order valence-electron chi connectivity index (χ0n) is 17.6. The maximum Gasteiger partial charge on any atom is 0.250 e. The summed E-state index contributed by atoms with van der Waals surface area (Å²) in [5.41, 5.74) is 1.88. The van der Waals surface area contributed by atoms with Gasteiger partial charge in [0.05, 0.1) is 4.90 Å². The van der Waals surface area contributed by atoms with E-state index in [-0.39, 0.29) is 22.3 Å². The van der Waals surface area contributed by atoms with Crippen LogP contribution in [0.4, 0.5) is 4.39 Å². The molecule has 8 heteroatoms. The number of nitrogens with zero attached hydrogens (tertiary/aromatic N) is 2. The van der Waals surface area contributed by atoms with Crippen molar-refractivity contribution in [1.29, 1.82) is 0 Å². The average molecular weight is 481 g/mol. The first-order chi connectivity index (χ1) is 15.9. The van der Waals surface area contributed by atoms with Gasteiger partial charge in [0.15, 0.2) is 0 Å². The van der Waals surface area contributed by atoms with Gasteiger partial charge in [-0.1, -0.05) is 18.2 Å². The van der Waals surface area contributed by atoms with Crippen LogP contribution in [0.2, 0.25) is 0 Å². The minimum Gasteiger partial charge on any atom is -0.311 e. The SMILES string of the molecule is O=c1ccc(-c2cc3ccccc3s2)c2n1C[C@H]1C[C@@H]2CN(S(=O)(=O)c2ccc(F)cc2)C1. The summed E-state index contributed by atoms with van der Waals surface area (Å²) in [5, 5.41) is 1.15. The van der Waals surface area contributed by atoms with Gasteiger partial charge in [0.25, 0.3) is 5.56 Å². The molecule has 1 fully saturated rings. The Kier molecular flexibility index (Phi) is 4.79. The highest BCUT2D eigenvalue weighted by Crippen LogP contribution is 2.43. The van der Waals surface area contributed by atoms with Crippen molar-refractivity contribution < 1.29 is 12.8 Å². The van der Waals surface area contributed by atoms with Crippen molar-refractivity contribution in [2.24, 2.45) is 5.92 Å². The summed E-state index contributed by atoms with van der Waals surface area (Å²) < 4.78 is 44.5. The number of rotatable bonds is 3.